The van der Waals surface area contributed by atoms with Crippen molar-refractivity contribution < 1.29 is 17.9 Å². The van der Waals surface area contributed by atoms with Gasteiger partial charge in [0.1, 0.15) is 5.75 Å². The SMILES string of the molecule is COc1ccc(S(=O)(=O)NCC2NCCc3ccccc32)cc1C(N)=O.Cl. The molecule has 0 fully saturated rings. The molecule has 1 amide bonds. The van der Waals surface area contributed by atoms with Crippen LogP contribution in [0.1, 0.15) is 27.5 Å². The van der Waals surface area contributed by atoms with E-state index in [2.05, 4.69) is 16.1 Å². The zero-order chi connectivity index (χ0) is 18.7. The lowest BCUT2D eigenvalue weighted by molar-refractivity contribution is 0.0997. The molecule has 0 radical (unpaired) electrons. The van der Waals surface area contributed by atoms with Crippen molar-refractivity contribution in [2.24, 2.45) is 5.73 Å². The van der Waals surface area contributed by atoms with Crippen LogP contribution in [-0.4, -0.2) is 34.5 Å². The Balaban J connectivity index is 0.00000261. The zero-order valence-electron chi connectivity index (χ0n) is 14.8. The number of amides is 1. The minimum Gasteiger partial charge on any atom is -0.496 e. The Morgan fingerprint density at radius 1 is 1.30 bits per heavy atom. The van der Waals surface area contributed by atoms with Gasteiger partial charge < -0.3 is 15.8 Å². The number of ether oxygens (including phenoxy) is 1. The van der Waals surface area contributed by atoms with Crippen LogP contribution in [0.5, 0.6) is 5.75 Å². The molecule has 7 nitrogen and oxygen atoms in total. The van der Waals surface area contributed by atoms with Crippen LogP contribution in [0.2, 0.25) is 0 Å². The molecule has 0 spiro atoms. The van der Waals surface area contributed by atoms with Gasteiger partial charge >= 0.3 is 0 Å². The molecule has 0 aromatic heterocycles. The Bertz CT molecular complexity index is 934. The predicted molar refractivity (Wildman–Crippen MR) is 105 cm³/mol. The molecule has 0 saturated heterocycles. The fraction of sp³-hybridized carbons (Fsp3) is 0.278. The van der Waals surface area contributed by atoms with E-state index < -0.39 is 15.9 Å². The van der Waals surface area contributed by atoms with Gasteiger partial charge in [0.15, 0.2) is 0 Å². The van der Waals surface area contributed by atoms with Crippen LogP contribution in [0.3, 0.4) is 0 Å². The van der Waals surface area contributed by atoms with Gasteiger partial charge in [-0.3, -0.25) is 4.79 Å². The Hall–Kier alpha value is -2.13. The number of hydrogen-bond acceptors (Lipinski definition) is 5. The summed E-state index contributed by atoms with van der Waals surface area (Å²) in [5.41, 5.74) is 7.64. The molecule has 1 unspecified atom stereocenters. The van der Waals surface area contributed by atoms with Crippen molar-refractivity contribution in [1.82, 2.24) is 10.0 Å². The number of primary amides is 1. The van der Waals surface area contributed by atoms with E-state index in [1.807, 2.05) is 18.2 Å². The number of halogens is 1. The van der Waals surface area contributed by atoms with Crippen LogP contribution >= 0.6 is 12.4 Å². The van der Waals surface area contributed by atoms with Crippen LogP contribution in [0, 0.1) is 0 Å². The smallest absolute Gasteiger partial charge is 0.252 e. The number of hydrogen-bond donors (Lipinski definition) is 3. The summed E-state index contributed by atoms with van der Waals surface area (Å²) in [6.45, 7) is 0.995. The first kappa shape index (κ1) is 21.2. The van der Waals surface area contributed by atoms with Gasteiger partial charge in [0, 0.05) is 12.6 Å². The number of nitrogens with two attached hydrogens (primary N) is 1. The van der Waals surface area contributed by atoms with Crippen LogP contribution in [0.25, 0.3) is 0 Å². The lowest BCUT2D eigenvalue weighted by Crippen LogP contribution is -2.38. The van der Waals surface area contributed by atoms with Crippen molar-refractivity contribution in [3.8, 4) is 5.75 Å². The summed E-state index contributed by atoms with van der Waals surface area (Å²) in [4.78, 5) is 11.5. The van der Waals surface area contributed by atoms with Crippen LogP contribution < -0.4 is 20.5 Å². The fourth-order valence-corrected chi connectivity index (χ4v) is 4.17. The standard InChI is InChI=1S/C18H21N3O4S.ClH/c1-25-17-7-6-13(10-15(17)18(19)22)26(23,24)21-11-16-14-5-3-2-4-12(14)8-9-20-16;/h2-7,10,16,20-21H,8-9,11H2,1H3,(H2,19,22);1H. The molecule has 1 atom stereocenters. The van der Waals surface area contributed by atoms with Gasteiger partial charge in [0.2, 0.25) is 10.0 Å². The number of carbonyl (C=O) groups excluding carboxylic acids is 1. The Morgan fingerprint density at radius 2 is 2.04 bits per heavy atom. The van der Waals surface area contributed by atoms with Gasteiger partial charge in [-0.05, 0) is 42.3 Å². The molecule has 1 heterocycles. The minimum absolute atomic E-state index is 0. The maximum atomic E-state index is 12.6. The number of sulfonamides is 1. The monoisotopic (exact) mass is 411 g/mol. The third kappa shape index (κ3) is 4.59. The summed E-state index contributed by atoms with van der Waals surface area (Å²) in [5, 5.41) is 3.33. The number of rotatable bonds is 6. The molecule has 4 N–H and O–H groups in total. The molecule has 146 valence electrons. The lowest BCUT2D eigenvalue weighted by Gasteiger charge is -2.27. The normalized spacial score (nSPS) is 16.1. The highest BCUT2D eigenvalue weighted by atomic mass is 35.5. The lowest BCUT2D eigenvalue weighted by atomic mass is 9.95. The van der Waals surface area contributed by atoms with Crippen molar-refractivity contribution >= 4 is 28.3 Å². The van der Waals surface area contributed by atoms with E-state index >= 15 is 0 Å². The predicted octanol–water partition coefficient (Wildman–Crippen LogP) is 1.38. The quantitative estimate of drug-likeness (QED) is 0.665. The maximum Gasteiger partial charge on any atom is 0.252 e. The van der Waals surface area contributed by atoms with E-state index in [4.69, 9.17) is 10.5 Å². The second-order valence-electron chi connectivity index (χ2n) is 6.03. The van der Waals surface area contributed by atoms with Gasteiger partial charge in [0.05, 0.1) is 17.6 Å². The first-order chi connectivity index (χ1) is 12.4. The van der Waals surface area contributed by atoms with Gasteiger partial charge in [-0.1, -0.05) is 24.3 Å². The van der Waals surface area contributed by atoms with Crippen molar-refractivity contribution in [2.75, 3.05) is 20.2 Å². The highest BCUT2D eigenvalue weighted by Gasteiger charge is 2.23. The van der Waals surface area contributed by atoms with Crippen molar-refractivity contribution in [1.29, 1.82) is 0 Å². The summed E-state index contributed by atoms with van der Waals surface area (Å²) in [5.74, 6) is -0.513. The molecule has 1 aliphatic rings. The molecule has 2 aromatic rings. The third-order valence-corrected chi connectivity index (χ3v) is 5.86. The van der Waals surface area contributed by atoms with E-state index in [0.717, 1.165) is 18.5 Å². The number of carbonyl (C=O) groups is 1. The van der Waals surface area contributed by atoms with E-state index in [1.54, 1.807) is 0 Å². The van der Waals surface area contributed by atoms with E-state index in [0.29, 0.717) is 0 Å². The van der Waals surface area contributed by atoms with Crippen molar-refractivity contribution in [2.45, 2.75) is 17.4 Å². The molecule has 2 aromatic carbocycles. The van der Waals surface area contributed by atoms with Crippen LogP contribution in [0.15, 0.2) is 47.4 Å². The Labute approximate surface area is 164 Å². The van der Waals surface area contributed by atoms with E-state index in [9.17, 15) is 13.2 Å². The van der Waals surface area contributed by atoms with Crippen LogP contribution in [-0.2, 0) is 16.4 Å². The third-order valence-electron chi connectivity index (χ3n) is 4.44. The summed E-state index contributed by atoms with van der Waals surface area (Å²) in [6, 6.07) is 11.9. The molecule has 3 rings (SSSR count). The highest BCUT2D eigenvalue weighted by Crippen LogP contribution is 2.24. The molecule has 9 heteroatoms. The molecule has 0 aliphatic carbocycles. The molecule has 1 aliphatic heterocycles. The molecule has 27 heavy (non-hydrogen) atoms. The molecular weight excluding hydrogens is 390 g/mol. The van der Waals surface area contributed by atoms with E-state index in [1.165, 1.54) is 30.9 Å². The van der Waals surface area contributed by atoms with Crippen molar-refractivity contribution in [3.63, 3.8) is 0 Å². The first-order valence-electron chi connectivity index (χ1n) is 8.21. The molecule has 0 bridgehead atoms. The Kier molecular flexibility index (Phi) is 6.83. The second kappa shape index (κ2) is 8.71. The number of fused-ring (bicyclic) bond motifs is 1. The Morgan fingerprint density at radius 3 is 2.74 bits per heavy atom. The average molecular weight is 412 g/mol. The minimum atomic E-state index is -3.80. The zero-order valence-corrected chi connectivity index (χ0v) is 16.4. The fourth-order valence-electron chi connectivity index (χ4n) is 3.10. The topological polar surface area (TPSA) is 111 Å². The molecule has 0 saturated carbocycles. The summed E-state index contributed by atoms with van der Waals surface area (Å²) >= 11 is 0. The number of methoxy groups -OCH3 is 1. The maximum absolute atomic E-state index is 12.6. The van der Waals surface area contributed by atoms with Crippen LogP contribution in [0.4, 0.5) is 0 Å². The second-order valence-corrected chi connectivity index (χ2v) is 7.80. The highest BCUT2D eigenvalue weighted by molar-refractivity contribution is 7.89. The number of nitrogens with one attached hydrogen (secondary N) is 2. The van der Waals surface area contributed by atoms with Gasteiger partial charge in [-0.2, -0.15) is 0 Å². The summed E-state index contributed by atoms with van der Waals surface area (Å²) in [6.07, 6.45) is 0.917. The van der Waals surface area contributed by atoms with Crippen molar-refractivity contribution in [3.05, 3.63) is 59.2 Å². The van der Waals surface area contributed by atoms with Gasteiger partial charge in [0.25, 0.3) is 5.91 Å². The molecular formula is C18H22ClN3O4S. The van der Waals surface area contributed by atoms with Gasteiger partial charge in [-0.15, -0.1) is 12.4 Å². The summed E-state index contributed by atoms with van der Waals surface area (Å²) < 4.78 is 32.9. The largest absolute Gasteiger partial charge is 0.496 e. The first-order valence-corrected chi connectivity index (χ1v) is 9.69. The summed E-state index contributed by atoms with van der Waals surface area (Å²) in [7, 11) is -2.41. The van der Waals surface area contributed by atoms with E-state index in [-0.39, 0.29) is 41.2 Å². The number of benzene rings is 2. The van der Waals surface area contributed by atoms with Gasteiger partial charge in [-0.25, -0.2) is 13.1 Å². The average Bonchev–Trinajstić information content (AvgIpc) is 2.65.